The molecule has 0 atom stereocenters. The molecular formula is C13H16N2O2. The summed E-state index contributed by atoms with van der Waals surface area (Å²) in [5.41, 5.74) is 0.517. The molecule has 4 heteroatoms. The van der Waals surface area contributed by atoms with Gasteiger partial charge in [-0.2, -0.15) is 5.26 Å². The number of carbonyl (C=O) groups is 1. The van der Waals surface area contributed by atoms with Crippen LogP contribution in [-0.4, -0.2) is 17.6 Å². The molecule has 4 nitrogen and oxygen atoms in total. The van der Waals surface area contributed by atoms with Crippen molar-refractivity contribution in [2.75, 3.05) is 6.54 Å². The smallest absolute Gasteiger partial charge is 0.251 e. The normalized spacial score (nSPS) is 10.7. The lowest BCUT2D eigenvalue weighted by atomic mass is 9.96. The molecule has 0 spiro atoms. The Kier molecular flexibility index (Phi) is 3.74. The summed E-state index contributed by atoms with van der Waals surface area (Å²) in [4.78, 5) is 11.7. The molecule has 17 heavy (non-hydrogen) atoms. The maximum atomic E-state index is 11.7. The van der Waals surface area contributed by atoms with E-state index in [-0.39, 0.29) is 18.2 Å². The summed E-state index contributed by atoms with van der Waals surface area (Å²) in [6.45, 7) is 5.53. The van der Waals surface area contributed by atoms with Gasteiger partial charge in [0.1, 0.15) is 5.75 Å². The summed E-state index contributed by atoms with van der Waals surface area (Å²) in [5.74, 6) is -0.194. The van der Waals surface area contributed by atoms with Crippen molar-refractivity contribution < 1.29 is 9.90 Å². The van der Waals surface area contributed by atoms with Gasteiger partial charge in [0.05, 0.1) is 11.5 Å². The Bertz CT molecular complexity index is 473. The van der Waals surface area contributed by atoms with E-state index in [0.29, 0.717) is 5.56 Å². The third kappa shape index (κ3) is 3.49. The van der Waals surface area contributed by atoms with Gasteiger partial charge in [-0.25, -0.2) is 0 Å². The highest BCUT2D eigenvalue weighted by molar-refractivity contribution is 5.94. The predicted molar refractivity (Wildman–Crippen MR) is 64.6 cm³/mol. The van der Waals surface area contributed by atoms with E-state index < -0.39 is 5.41 Å². The molecule has 0 aliphatic rings. The summed E-state index contributed by atoms with van der Waals surface area (Å²) >= 11 is 0. The monoisotopic (exact) mass is 232 g/mol. The number of phenols is 1. The second-order valence-electron chi connectivity index (χ2n) is 4.68. The Morgan fingerprint density at radius 3 is 2.71 bits per heavy atom. The standard InChI is InChI=1S/C13H16N2O2/c1-9-4-5-10(6-11(9)16)12(17)15-8-13(2,3)7-14/h4-6,16H,8H2,1-3H3,(H,15,17). The van der Waals surface area contributed by atoms with Crippen molar-refractivity contribution in [3.8, 4) is 11.8 Å². The first kappa shape index (κ1) is 13.0. The molecule has 0 radical (unpaired) electrons. The third-order valence-corrected chi connectivity index (χ3v) is 2.46. The van der Waals surface area contributed by atoms with Crippen LogP contribution in [0, 0.1) is 23.7 Å². The minimum absolute atomic E-state index is 0.0946. The predicted octanol–water partition coefficient (Wildman–Crippen LogP) is 1.98. The van der Waals surface area contributed by atoms with Crippen LogP contribution >= 0.6 is 0 Å². The molecule has 2 N–H and O–H groups in total. The van der Waals surface area contributed by atoms with E-state index in [0.717, 1.165) is 5.56 Å². The zero-order valence-electron chi connectivity index (χ0n) is 10.2. The van der Waals surface area contributed by atoms with Gasteiger partial charge < -0.3 is 10.4 Å². The third-order valence-electron chi connectivity index (χ3n) is 2.46. The minimum atomic E-state index is -0.595. The highest BCUT2D eigenvalue weighted by atomic mass is 16.3. The first-order valence-corrected chi connectivity index (χ1v) is 5.35. The number of phenolic OH excluding ortho intramolecular Hbond substituents is 1. The van der Waals surface area contributed by atoms with E-state index >= 15 is 0 Å². The Balaban J connectivity index is 2.72. The average molecular weight is 232 g/mol. The molecule has 1 aromatic rings. The fourth-order valence-corrected chi connectivity index (χ4v) is 1.19. The van der Waals surface area contributed by atoms with Crippen molar-refractivity contribution in [2.24, 2.45) is 5.41 Å². The summed E-state index contributed by atoms with van der Waals surface area (Å²) in [5, 5.41) is 21.0. The van der Waals surface area contributed by atoms with Crippen LogP contribution in [0.1, 0.15) is 29.8 Å². The first-order chi connectivity index (χ1) is 7.85. The SMILES string of the molecule is Cc1ccc(C(=O)NCC(C)(C)C#N)cc1O. The largest absolute Gasteiger partial charge is 0.508 e. The molecular weight excluding hydrogens is 216 g/mol. The zero-order valence-corrected chi connectivity index (χ0v) is 10.2. The number of aryl methyl sites for hydroxylation is 1. The van der Waals surface area contributed by atoms with Crippen molar-refractivity contribution in [3.63, 3.8) is 0 Å². The van der Waals surface area contributed by atoms with E-state index in [1.165, 1.54) is 6.07 Å². The maximum absolute atomic E-state index is 11.7. The Morgan fingerprint density at radius 1 is 1.53 bits per heavy atom. The van der Waals surface area contributed by atoms with Crippen LogP contribution in [0.3, 0.4) is 0 Å². The lowest BCUT2D eigenvalue weighted by Gasteiger charge is -2.15. The van der Waals surface area contributed by atoms with Crippen LogP contribution in [0.5, 0.6) is 5.75 Å². The van der Waals surface area contributed by atoms with Crippen LogP contribution < -0.4 is 5.32 Å². The number of nitrogens with one attached hydrogen (secondary N) is 1. The highest BCUT2D eigenvalue weighted by Crippen LogP contribution is 2.17. The fourth-order valence-electron chi connectivity index (χ4n) is 1.19. The quantitative estimate of drug-likeness (QED) is 0.836. The van der Waals surface area contributed by atoms with Crippen molar-refractivity contribution in [3.05, 3.63) is 29.3 Å². The van der Waals surface area contributed by atoms with Gasteiger partial charge in [-0.15, -0.1) is 0 Å². The van der Waals surface area contributed by atoms with Crippen molar-refractivity contribution in [1.82, 2.24) is 5.32 Å². The van der Waals surface area contributed by atoms with Crippen LogP contribution in [0.15, 0.2) is 18.2 Å². The zero-order chi connectivity index (χ0) is 13.1. The van der Waals surface area contributed by atoms with Gasteiger partial charge in [0.2, 0.25) is 0 Å². The molecule has 1 rings (SSSR count). The van der Waals surface area contributed by atoms with E-state index in [1.807, 2.05) is 0 Å². The average Bonchev–Trinajstić information content (AvgIpc) is 2.30. The number of nitriles is 1. The Morgan fingerprint density at radius 2 is 2.18 bits per heavy atom. The van der Waals surface area contributed by atoms with E-state index in [4.69, 9.17) is 5.26 Å². The van der Waals surface area contributed by atoms with Crippen LogP contribution in [0.4, 0.5) is 0 Å². The molecule has 0 saturated heterocycles. The number of carbonyl (C=O) groups excluding carboxylic acids is 1. The molecule has 0 aliphatic heterocycles. The number of amides is 1. The molecule has 0 saturated carbocycles. The van der Waals surface area contributed by atoms with Crippen LogP contribution in [-0.2, 0) is 0 Å². The summed E-state index contributed by atoms with van der Waals surface area (Å²) in [7, 11) is 0. The maximum Gasteiger partial charge on any atom is 0.251 e. The van der Waals surface area contributed by atoms with Gasteiger partial charge in [0, 0.05) is 12.1 Å². The minimum Gasteiger partial charge on any atom is -0.508 e. The van der Waals surface area contributed by atoms with Crippen molar-refractivity contribution in [1.29, 1.82) is 5.26 Å². The lowest BCUT2D eigenvalue weighted by molar-refractivity contribution is 0.0943. The second-order valence-corrected chi connectivity index (χ2v) is 4.68. The van der Waals surface area contributed by atoms with Gasteiger partial charge in [0.15, 0.2) is 0 Å². The molecule has 0 bridgehead atoms. The Labute approximate surface area is 101 Å². The summed E-state index contributed by atoms with van der Waals surface area (Å²) < 4.78 is 0. The van der Waals surface area contributed by atoms with Crippen molar-refractivity contribution in [2.45, 2.75) is 20.8 Å². The molecule has 90 valence electrons. The number of aromatic hydroxyl groups is 1. The van der Waals surface area contributed by atoms with E-state index in [1.54, 1.807) is 32.9 Å². The number of rotatable bonds is 3. The highest BCUT2D eigenvalue weighted by Gasteiger charge is 2.18. The number of hydrogen-bond donors (Lipinski definition) is 2. The first-order valence-electron chi connectivity index (χ1n) is 5.35. The van der Waals surface area contributed by atoms with Gasteiger partial charge >= 0.3 is 0 Å². The Hall–Kier alpha value is -2.02. The molecule has 0 aliphatic carbocycles. The molecule has 1 aromatic carbocycles. The molecule has 0 heterocycles. The fraction of sp³-hybridized carbons (Fsp3) is 0.385. The van der Waals surface area contributed by atoms with E-state index in [2.05, 4.69) is 11.4 Å². The number of benzene rings is 1. The summed E-state index contributed by atoms with van der Waals surface area (Å²) in [6.07, 6.45) is 0. The second kappa shape index (κ2) is 4.88. The van der Waals surface area contributed by atoms with Crippen LogP contribution in [0.25, 0.3) is 0 Å². The topological polar surface area (TPSA) is 73.1 Å². The summed E-state index contributed by atoms with van der Waals surface area (Å²) in [6, 6.07) is 6.85. The van der Waals surface area contributed by atoms with Gasteiger partial charge in [-0.3, -0.25) is 4.79 Å². The van der Waals surface area contributed by atoms with Gasteiger partial charge in [-0.1, -0.05) is 6.07 Å². The lowest BCUT2D eigenvalue weighted by Crippen LogP contribution is -2.33. The molecule has 0 unspecified atom stereocenters. The van der Waals surface area contributed by atoms with Gasteiger partial charge in [0.25, 0.3) is 5.91 Å². The number of nitrogens with zero attached hydrogens (tertiary/aromatic N) is 1. The number of hydrogen-bond acceptors (Lipinski definition) is 3. The molecule has 0 aromatic heterocycles. The molecule has 1 amide bonds. The van der Waals surface area contributed by atoms with E-state index in [9.17, 15) is 9.90 Å². The van der Waals surface area contributed by atoms with Gasteiger partial charge in [-0.05, 0) is 38.5 Å². The van der Waals surface area contributed by atoms with Crippen molar-refractivity contribution >= 4 is 5.91 Å². The van der Waals surface area contributed by atoms with Crippen LogP contribution in [0.2, 0.25) is 0 Å². The molecule has 0 fully saturated rings.